The molecular formula is C20H26N2O2. The van der Waals surface area contributed by atoms with E-state index in [9.17, 15) is 4.79 Å². The van der Waals surface area contributed by atoms with Crippen molar-refractivity contribution in [3.05, 3.63) is 29.3 Å². The van der Waals surface area contributed by atoms with Crippen molar-refractivity contribution in [2.75, 3.05) is 7.11 Å². The maximum atomic E-state index is 12.5. The molecule has 0 radical (unpaired) electrons. The Morgan fingerprint density at radius 2 is 2.04 bits per heavy atom. The van der Waals surface area contributed by atoms with Crippen LogP contribution in [0.25, 0.3) is 0 Å². The first-order valence-electron chi connectivity index (χ1n) is 9.29. The van der Waals surface area contributed by atoms with Gasteiger partial charge in [0.1, 0.15) is 11.6 Å². The predicted molar refractivity (Wildman–Crippen MR) is 94.6 cm³/mol. The average Bonchev–Trinajstić information content (AvgIpc) is 3.04. The minimum absolute atomic E-state index is 0.195. The fraction of sp³-hybridized carbons (Fsp3) is 0.600. The number of amides is 1. The number of amidine groups is 1. The van der Waals surface area contributed by atoms with Crippen molar-refractivity contribution in [3.8, 4) is 5.75 Å². The number of hydrogen-bond donors (Lipinski definition) is 1. The van der Waals surface area contributed by atoms with Crippen molar-refractivity contribution in [2.45, 2.75) is 63.3 Å². The van der Waals surface area contributed by atoms with E-state index in [1.54, 1.807) is 7.11 Å². The first-order valence-corrected chi connectivity index (χ1v) is 9.29. The van der Waals surface area contributed by atoms with E-state index in [4.69, 9.17) is 9.73 Å². The standard InChI is InChI=1S/C20H26N2O2/c1-24-15-8-9-16-14(11-15)7-10-18-17(16)12-19(21-18)22-20(23)13-5-3-2-4-6-13/h8-9,11,13,17-18H,2-7,10,12H2,1H3,(H,21,22,23). The van der Waals surface area contributed by atoms with Gasteiger partial charge in [0, 0.05) is 18.3 Å². The molecule has 24 heavy (non-hydrogen) atoms. The molecule has 0 saturated heterocycles. The third kappa shape index (κ3) is 2.94. The summed E-state index contributed by atoms with van der Waals surface area (Å²) in [6, 6.07) is 6.71. The second-order valence-electron chi connectivity index (χ2n) is 7.38. The molecule has 0 bridgehead atoms. The highest BCUT2D eigenvalue weighted by atomic mass is 16.5. The van der Waals surface area contributed by atoms with E-state index in [2.05, 4.69) is 17.4 Å². The monoisotopic (exact) mass is 326 g/mol. The summed E-state index contributed by atoms with van der Waals surface area (Å²) >= 11 is 0. The fourth-order valence-electron chi connectivity index (χ4n) is 4.55. The van der Waals surface area contributed by atoms with Crippen LogP contribution in [0, 0.1) is 5.92 Å². The van der Waals surface area contributed by atoms with Gasteiger partial charge in [0.05, 0.1) is 13.2 Å². The van der Waals surface area contributed by atoms with Gasteiger partial charge >= 0.3 is 0 Å². The number of nitrogens with zero attached hydrogens (tertiary/aromatic N) is 1. The maximum absolute atomic E-state index is 12.5. The number of ether oxygens (including phenoxy) is 1. The Morgan fingerprint density at radius 3 is 2.83 bits per heavy atom. The third-order valence-corrected chi connectivity index (χ3v) is 5.90. The number of methoxy groups -OCH3 is 1. The molecule has 1 aromatic rings. The quantitative estimate of drug-likeness (QED) is 0.903. The lowest BCUT2D eigenvalue weighted by atomic mass is 9.79. The normalized spacial score (nSPS) is 26.3. The molecule has 128 valence electrons. The van der Waals surface area contributed by atoms with Gasteiger partial charge in [-0.1, -0.05) is 25.3 Å². The number of rotatable bonds is 2. The second-order valence-corrected chi connectivity index (χ2v) is 7.38. The van der Waals surface area contributed by atoms with Gasteiger partial charge in [0.15, 0.2) is 0 Å². The van der Waals surface area contributed by atoms with Gasteiger partial charge in [-0.3, -0.25) is 9.79 Å². The summed E-state index contributed by atoms with van der Waals surface area (Å²) in [5.41, 5.74) is 2.77. The van der Waals surface area contributed by atoms with Crippen LogP contribution in [-0.4, -0.2) is 24.9 Å². The molecule has 0 spiro atoms. The van der Waals surface area contributed by atoms with Crippen LogP contribution in [0.5, 0.6) is 5.75 Å². The molecule has 1 fully saturated rings. The minimum Gasteiger partial charge on any atom is -0.497 e. The molecule has 2 atom stereocenters. The van der Waals surface area contributed by atoms with Crippen LogP contribution < -0.4 is 10.1 Å². The van der Waals surface area contributed by atoms with E-state index < -0.39 is 0 Å². The molecule has 1 N–H and O–H groups in total. The predicted octanol–water partition coefficient (Wildman–Crippen LogP) is 3.59. The van der Waals surface area contributed by atoms with E-state index in [1.165, 1.54) is 30.4 Å². The van der Waals surface area contributed by atoms with Crippen molar-refractivity contribution < 1.29 is 9.53 Å². The number of aryl methyl sites for hydroxylation is 1. The average molecular weight is 326 g/mol. The lowest BCUT2D eigenvalue weighted by Crippen LogP contribution is -2.35. The number of aliphatic imine (C=N–C) groups is 1. The zero-order valence-corrected chi connectivity index (χ0v) is 14.4. The van der Waals surface area contributed by atoms with Gasteiger partial charge < -0.3 is 10.1 Å². The van der Waals surface area contributed by atoms with Gasteiger partial charge in [-0.15, -0.1) is 0 Å². The molecule has 1 amide bonds. The van der Waals surface area contributed by atoms with Gasteiger partial charge in [0.2, 0.25) is 5.91 Å². The molecule has 1 aromatic carbocycles. The zero-order chi connectivity index (χ0) is 16.5. The van der Waals surface area contributed by atoms with Gasteiger partial charge in [-0.25, -0.2) is 0 Å². The first-order chi connectivity index (χ1) is 11.7. The van der Waals surface area contributed by atoms with Crippen molar-refractivity contribution >= 4 is 11.7 Å². The Balaban J connectivity index is 1.45. The summed E-state index contributed by atoms with van der Waals surface area (Å²) in [7, 11) is 1.71. The van der Waals surface area contributed by atoms with Crippen LogP contribution in [0.4, 0.5) is 0 Å². The maximum Gasteiger partial charge on any atom is 0.228 e. The molecule has 2 aliphatic carbocycles. The molecule has 0 aromatic heterocycles. The Bertz CT molecular complexity index is 662. The summed E-state index contributed by atoms with van der Waals surface area (Å²) in [6.07, 6.45) is 8.69. The van der Waals surface area contributed by atoms with E-state index in [1.807, 2.05) is 6.07 Å². The number of nitrogens with one attached hydrogen (secondary N) is 1. The highest BCUT2D eigenvalue weighted by Crippen LogP contribution is 2.41. The lowest BCUT2D eigenvalue weighted by Gasteiger charge is -2.27. The molecule has 1 aliphatic heterocycles. The number of hydrogen-bond acceptors (Lipinski definition) is 3. The number of carbonyl (C=O) groups excluding carboxylic acids is 1. The SMILES string of the molecule is COc1ccc2c(c1)CCC1N=C(NC(=O)C3CCCCC3)CC21. The Morgan fingerprint density at radius 1 is 1.21 bits per heavy atom. The van der Waals surface area contributed by atoms with E-state index >= 15 is 0 Å². The largest absolute Gasteiger partial charge is 0.497 e. The van der Waals surface area contributed by atoms with Crippen molar-refractivity contribution in [1.82, 2.24) is 5.32 Å². The minimum atomic E-state index is 0.195. The van der Waals surface area contributed by atoms with Gasteiger partial charge in [-0.2, -0.15) is 0 Å². The second kappa shape index (κ2) is 6.58. The van der Waals surface area contributed by atoms with Crippen LogP contribution in [-0.2, 0) is 11.2 Å². The molecule has 2 unspecified atom stereocenters. The van der Waals surface area contributed by atoms with Crippen LogP contribution in [0.2, 0.25) is 0 Å². The molecule has 3 aliphatic rings. The number of benzene rings is 1. The molecular weight excluding hydrogens is 300 g/mol. The van der Waals surface area contributed by atoms with Gasteiger partial charge in [0.25, 0.3) is 0 Å². The summed E-state index contributed by atoms with van der Waals surface area (Å²) in [4.78, 5) is 17.3. The highest BCUT2D eigenvalue weighted by molar-refractivity contribution is 6.00. The van der Waals surface area contributed by atoms with E-state index in [-0.39, 0.29) is 11.8 Å². The smallest absolute Gasteiger partial charge is 0.228 e. The highest BCUT2D eigenvalue weighted by Gasteiger charge is 2.36. The topological polar surface area (TPSA) is 50.7 Å². The molecule has 1 heterocycles. The summed E-state index contributed by atoms with van der Waals surface area (Å²) < 4.78 is 5.35. The summed E-state index contributed by atoms with van der Waals surface area (Å²) in [5, 5.41) is 3.14. The van der Waals surface area contributed by atoms with Crippen LogP contribution in [0.1, 0.15) is 62.0 Å². The molecule has 4 heteroatoms. The Kier molecular flexibility index (Phi) is 4.30. The Hall–Kier alpha value is -1.84. The Labute approximate surface area is 143 Å². The number of fused-ring (bicyclic) bond motifs is 3. The lowest BCUT2D eigenvalue weighted by molar-refractivity contribution is -0.124. The van der Waals surface area contributed by atoms with Crippen LogP contribution >= 0.6 is 0 Å². The first kappa shape index (κ1) is 15.7. The van der Waals surface area contributed by atoms with Crippen LogP contribution in [0.3, 0.4) is 0 Å². The summed E-state index contributed by atoms with van der Waals surface area (Å²) in [5.74, 6) is 2.64. The molecule has 1 saturated carbocycles. The van der Waals surface area contributed by atoms with Crippen molar-refractivity contribution in [2.24, 2.45) is 10.9 Å². The van der Waals surface area contributed by atoms with E-state index in [0.29, 0.717) is 12.0 Å². The van der Waals surface area contributed by atoms with E-state index in [0.717, 1.165) is 43.7 Å². The van der Waals surface area contributed by atoms with Crippen molar-refractivity contribution in [1.29, 1.82) is 0 Å². The van der Waals surface area contributed by atoms with Crippen molar-refractivity contribution in [3.63, 3.8) is 0 Å². The fourth-order valence-corrected chi connectivity index (χ4v) is 4.55. The van der Waals surface area contributed by atoms with Crippen LogP contribution in [0.15, 0.2) is 23.2 Å². The molecule has 4 rings (SSSR count). The zero-order valence-electron chi connectivity index (χ0n) is 14.4. The molecule has 4 nitrogen and oxygen atoms in total. The summed E-state index contributed by atoms with van der Waals surface area (Å²) in [6.45, 7) is 0. The third-order valence-electron chi connectivity index (χ3n) is 5.90. The number of carbonyl (C=O) groups is 1. The van der Waals surface area contributed by atoms with Gasteiger partial charge in [-0.05, 0) is 48.9 Å².